The lowest BCUT2D eigenvalue weighted by atomic mass is 10.1. The summed E-state index contributed by atoms with van der Waals surface area (Å²) in [7, 11) is 33.0. The van der Waals surface area contributed by atoms with E-state index in [0.717, 1.165) is 96.2 Å². The van der Waals surface area contributed by atoms with Crippen LogP contribution in [0.5, 0.6) is 23.0 Å². The van der Waals surface area contributed by atoms with Gasteiger partial charge in [0.2, 0.25) is 0 Å². The van der Waals surface area contributed by atoms with E-state index in [0.29, 0.717) is 68.9 Å². The molecule has 20 heteroatoms. The summed E-state index contributed by atoms with van der Waals surface area (Å²) in [4.78, 5) is 56.5. The van der Waals surface area contributed by atoms with Crippen LogP contribution in [0.4, 0.5) is 0 Å². The number of H-pyrrole nitrogens is 2. The van der Waals surface area contributed by atoms with Crippen molar-refractivity contribution >= 4 is 44.1 Å². The summed E-state index contributed by atoms with van der Waals surface area (Å²) in [5.74, 6) is 4.71. The molecule has 0 atom stereocenters. The maximum Gasteiger partial charge on any atom is 0.164 e. The Morgan fingerprint density at radius 3 is 0.800 bits per heavy atom. The van der Waals surface area contributed by atoms with Gasteiger partial charge in [0, 0.05) is 96.2 Å². The molecule has 0 saturated carbocycles. The van der Waals surface area contributed by atoms with Crippen molar-refractivity contribution in [3.63, 3.8) is 0 Å². The van der Waals surface area contributed by atoms with E-state index >= 15 is 0 Å². The van der Waals surface area contributed by atoms with Gasteiger partial charge in [-0.25, -0.2) is 29.9 Å². The quantitative estimate of drug-likeness (QED) is 0.0685. The topological polar surface area (TPSA) is 172 Å². The number of aromatic nitrogens is 8. The van der Waals surface area contributed by atoms with Crippen LogP contribution in [-0.2, 0) is 0 Å². The minimum absolute atomic E-state index is 0.105. The van der Waals surface area contributed by atoms with E-state index in [4.69, 9.17) is 48.9 Å². The number of hydrogen-bond donors (Lipinski definition) is 2. The van der Waals surface area contributed by atoms with Gasteiger partial charge in [0.05, 0.1) is 0 Å². The molecule has 0 fully saturated rings. The zero-order valence-corrected chi connectivity index (χ0v) is 49.8. The first kappa shape index (κ1) is 57.8. The smallest absolute Gasteiger partial charge is 0.164 e. The Morgan fingerprint density at radius 1 is 0.287 bits per heavy atom. The Balaban J connectivity index is 1.32. The third kappa shape index (κ3) is 14.2. The SMILES string of the molecule is CN(C)CC(CN(C)C)Oc1ccc2c(c1)-c1nc-2nc2[nH]c(nc3nc(nc4[nH]c(n1)c1ccc(OC(CN(C)C)CN(C)C)cc41)-c1ccc(OC(CN(C)C)CN(C)C)cc1-3)c1ccc(OC(CN(C)C)CN(C)C)cc21. The molecule has 2 aliphatic rings. The highest BCUT2D eigenvalue weighted by molar-refractivity contribution is 6.07. The van der Waals surface area contributed by atoms with Gasteiger partial charge in [0.1, 0.15) is 70.0 Å². The monoisotopic (exact) mass is 1090 g/mol. The van der Waals surface area contributed by atoms with Crippen molar-refractivity contribution in [3.8, 4) is 68.5 Å². The molecule has 0 unspecified atom stereocenters. The number of aromatic amines is 2. The molecule has 0 saturated heterocycles. The van der Waals surface area contributed by atoms with E-state index in [1.165, 1.54) is 0 Å². The standard InChI is InChI=1S/C60H82N16O4/c1-69(2)29-41(30-70(3)4)77-37-17-21-45-49(25-37)57-61-53(45)66-58-51-27-39(79-43(33-73(9)10)34-74(11)12)19-23-47(51)55(63-58)68-60-52-28-40(80-44(35-75(13)14)36-76(15)16)20-24-48(52)56(64-60)67-59-50-26-38(18-22-46(50)54(62-59)65-57)78-42(31-71(5)6)32-72(7)8/h17-28,41-44H,29-36H2,1-16H3,(H2,61,62,63,64,65,66,67,68). The number of nitrogens with one attached hydrogen (secondary N) is 2. The molecular weight excluding hydrogens is 1010 g/mol. The van der Waals surface area contributed by atoms with Crippen LogP contribution in [0.2, 0.25) is 0 Å². The molecule has 4 aromatic carbocycles. The first-order valence-electron chi connectivity index (χ1n) is 27.3. The van der Waals surface area contributed by atoms with E-state index in [1.807, 2.05) is 72.8 Å². The van der Waals surface area contributed by atoms with E-state index < -0.39 is 0 Å². The highest BCUT2D eigenvalue weighted by Crippen LogP contribution is 2.40. The summed E-state index contributed by atoms with van der Waals surface area (Å²) in [5, 5.41) is 3.27. The van der Waals surface area contributed by atoms with Crippen molar-refractivity contribution in [1.82, 2.24) is 79.1 Å². The average Bonchev–Trinajstić information content (AvgIpc) is 4.16. The fourth-order valence-electron chi connectivity index (χ4n) is 10.6. The van der Waals surface area contributed by atoms with E-state index in [9.17, 15) is 0 Å². The fraction of sp³-hybridized carbons (Fsp3) is 0.467. The fourth-order valence-corrected chi connectivity index (χ4v) is 10.6. The molecule has 0 spiro atoms. The Kier molecular flexibility index (Phi) is 18.0. The molecule has 0 radical (unpaired) electrons. The minimum Gasteiger partial charge on any atom is -0.488 e. The first-order valence-corrected chi connectivity index (χ1v) is 27.3. The van der Waals surface area contributed by atoms with Crippen LogP contribution in [0.3, 0.4) is 0 Å². The van der Waals surface area contributed by atoms with Gasteiger partial charge in [-0.1, -0.05) is 0 Å². The van der Waals surface area contributed by atoms with E-state index in [1.54, 1.807) is 0 Å². The summed E-state index contributed by atoms with van der Waals surface area (Å²) >= 11 is 0. The van der Waals surface area contributed by atoms with E-state index in [-0.39, 0.29) is 24.4 Å². The van der Waals surface area contributed by atoms with Gasteiger partial charge < -0.3 is 68.1 Å². The largest absolute Gasteiger partial charge is 0.488 e. The summed E-state index contributed by atoms with van der Waals surface area (Å²) in [6, 6.07) is 24.3. The second-order valence-electron chi connectivity index (χ2n) is 23.5. The molecule has 2 N–H and O–H groups in total. The maximum atomic E-state index is 6.78. The third-order valence-electron chi connectivity index (χ3n) is 13.5. The number of benzene rings is 4. The van der Waals surface area contributed by atoms with Crippen LogP contribution >= 0.6 is 0 Å². The highest BCUT2D eigenvalue weighted by atomic mass is 16.5. The lowest BCUT2D eigenvalue weighted by molar-refractivity contribution is 0.128. The van der Waals surface area contributed by atoms with Crippen molar-refractivity contribution < 1.29 is 18.9 Å². The molecule has 3 aromatic heterocycles. The van der Waals surface area contributed by atoms with Gasteiger partial charge in [0.25, 0.3) is 0 Å². The second kappa shape index (κ2) is 24.9. The van der Waals surface area contributed by atoms with Gasteiger partial charge in [-0.2, -0.15) is 0 Å². The summed E-state index contributed by atoms with van der Waals surface area (Å²) in [6.07, 6.45) is -0.423. The normalized spacial score (nSPS) is 12.8. The molecule has 80 heavy (non-hydrogen) atoms. The Labute approximate surface area is 471 Å². The minimum atomic E-state index is -0.107. The molecule has 8 bridgehead atoms. The van der Waals surface area contributed by atoms with Crippen molar-refractivity contribution in [3.05, 3.63) is 72.8 Å². The summed E-state index contributed by atoms with van der Waals surface area (Å²) in [5.41, 5.74) is 5.39. The predicted octanol–water partition coefficient (Wildman–Crippen LogP) is 6.35. The number of likely N-dealkylation sites (N-methyl/N-ethyl adjacent to an activating group) is 8. The molecule has 2 aliphatic heterocycles. The van der Waals surface area contributed by atoms with Crippen LogP contribution < -0.4 is 18.9 Å². The molecule has 0 aliphatic carbocycles. The number of fused-ring (bicyclic) bond motifs is 20. The molecule has 9 rings (SSSR count). The predicted molar refractivity (Wildman–Crippen MR) is 322 cm³/mol. The van der Waals surface area contributed by atoms with Crippen molar-refractivity contribution in [2.24, 2.45) is 0 Å². The van der Waals surface area contributed by atoms with Gasteiger partial charge in [0.15, 0.2) is 23.3 Å². The van der Waals surface area contributed by atoms with Crippen molar-refractivity contribution in [2.75, 3.05) is 165 Å². The van der Waals surface area contributed by atoms with Crippen LogP contribution in [-0.4, -0.2) is 269 Å². The molecule has 0 amide bonds. The Bertz CT molecular complexity index is 3200. The highest BCUT2D eigenvalue weighted by Gasteiger charge is 2.26. The maximum absolute atomic E-state index is 6.78. The summed E-state index contributed by atoms with van der Waals surface area (Å²) in [6.45, 7) is 5.84. The van der Waals surface area contributed by atoms with Gasteiger partial charge in [-0.3, -0.25) is 0 Å². The third-order valence-corrected chi connectivity index (χ3v) is 13.5. The lowest BCUT2D eigenvalue weighted by Gasteiger charge is -2.25. The van der Waals surface area contributed by atoms with Crippen molar-refractivity contribution in [1.29, 1.82) is 0 Å². The molecule has 7 aromatic rings. The second-order valence-corrected chi connectivity index (χ2v) is 23.5. The molecular formula is C60H82N16O4. The average molecular weight is 1090 g/mol. The zero-order valence-electron chi connectivity index (χ0n) is 49.8. The van der Waals surface area contributed by atoms with E-state index in [2.05, 4.69) is 162 Å². The lowest BCUT2D eigenvalue weighted by Crippen LogP contribution is -2.38. The summed E-state index contributed by atoms with van der Waals surface area (Å²) < 4.78 is 27.1. The van der Waals surface area contributed by atoms with Gasteiger partial charge in [-0.05, 0) is 186 Å². The number of ether oxygens (including phenoxy) is 4. The van der Waals surface area contributed by atoms with Crippen LogP contribution in [0.25, 0.3) is 89.7 Å². The van der Waals surface area contributed by atoms with Crippen LogP contribution in [0.15, 0.2) is 72.8 Å². The molecule has 20 nitrogen and oxygen atoms in total. The molecule has 5 heterocycles. The van der Waals surface area contributed by atoms with Crippen molar-refractivity contribution in [2.45, 2.75) is 24.4 Å². The Morgan fingerprint density at radius 2 is 0.525 bits per heavy atom. The number of nitrogens with zero attached hydrogens (tertiary/aromatic N) is 14. The number of hydrogen-bond acceptors (Lipinski definition) is 18. The van der Waals surface area contributed by atoms with Crippen LogP contribution in [0.1, 0.15) is 0 Å². The van der Waals surface area contributed by atoms with Crippen LogP contribution in [0, 0.1) is 0 Å². The first-order chi connectivity index (χ1) is 38.1. The zero-order chi connectivity index (χ0) is 57.1. The molecule has 426 valence electrons. The Hall–Kier alpha value is -6.88. The van der Waals surface area contributed by atoms with Gasteiger partial charge >= 0.3 is 0 Å². The van der Waals surface area contributed by atoms with Gasteiger partial charge in [-0.15, -0.1) is 0 Å². The number of rotatable bonds is 24.